The summed E-state index contributed by atoms with van der Waals surface area (Å²) in [5, 5.41) is 0. The van der Waals surface area contributed by atoms with Gasteiger partial charge in [0.15, 0.2) is 5.76 Å². The molecule has 0 aliphatic carbocycles. The van der Waals surface area contributed by atoms with Crippen LogP contribution in [0, 0.1) is 6.92 Å². The highest BCUT2D eigenvalue weighted by atomic mass is 16.5. The van der Waals surface area contributed by atoms with Crippen LogP contribution in [0.1, 0.15) is 32.2 Å². The van der Waals surface area contributed by atoms with Gasteiger partial charge >= 0.3 is 5.97 Å². The summed E-state index contributed by atoms with van der Waals surface area (Å²) in [6.45, 7) is 1.84. The van der Waals surface area contributed by atoms with E-state index < -0.39 is 5.97 Å². The Morgan fingerprint density at radius 1 is 1.06 bits per heavy atom. The van der Waals surface area contributed by atoms with Crippen molar-refractivity contribution in [2.24, 2.45) is 0 Å². The van der Waals surface area contributed by atoms with Crippen molar-refractivity contribution in [1.29, 1.82) is 0 Å². The molecule has 0 atom stereocenters. The van der Waals surface area contributed by atoms with Gasteiger partial charge in [0.25, 0.3) is 0 Å². The Balaban J connectivity index is 2.33. The molecule has 0 amide bonds. The van der Waals surface area contributed by atoms with Crippen molar-refractivity contribution in [3.8, 4) is 0 Å². The minimum absolute atomic E-state index is 0.0226. The highest BCUT2D eigenvalue weighted by Crippen LogP contribution is 2.16. The minimum Gasteiger partial charge on any atom is -0.463 e. The van der Waals surface area contributed by atoms with Crippen molar-refractivity contribution >= 4 is 11.8 Å². The smallest absolute Gasteiger partial charge is 0.373 e. The fourth-order valence-electron chi connectivity index (χ4n) is 1.63. The van der Waals surface area contributed by atoms with E-state index >= 15 is 0 Å². The lowest BCUT2D eigenvalue weighted by Crippen LogP contribution is -2.03. The zero-order chi connectivity index (χ0) is 13.1. The van der Waals surface area contributed by atoms with Crippen molar-refractivity contribution in [2.45, 2.75) is 6.92 Å². The number of carbonyl (C=O) groups is 2. The number of benzene rings is 1. The van der Waals surface area contributed by atoms with Crippen LogP contribution in [0.25, 0.3) is 0 Å². The van der Waals surface area contributed by atoms with Crippen LogP contribution in [-0.2, 0) is 4.74 Å². The second-order valence-electron chi connectivity index (χ2n) is 3.80. The molecule has 0 aliphatic heterocycles. The first-order valence-corrected chi connectivity index (χ1v) is 5.42. The normalized spacial score (nSPS) is 10.1. The van der Waals surface area contributed by atoms with E-state index in [1.807, 2.05) is 19.1 Å². The summed E-state index contributed by atoms with van der Waals surface area (Å²) in [6.07, 6.45) is 0. The van der Waals surface area contributed by atoms with Crippen LogP contribution in [0.5, 0.6) is 0 Å². The lowest BCUT2D eigenvalue weighted by Gasteiger charge is -2.01. The number of aryl methyl sites for hydroxylation is 1. The third kappa shape index (κ3) is 2.18. The summed E-state index contributed by atoms with van der Waals surface area (Å²) >= 11 is 0. The van der Waals surface area contributed by atoms with E-state index in [1.165, 1.54) is 19.2 Å². The monoisotopic (exact) mass is 244 g/mol. The first kappa shape index (κ1) is 12.1. The van der Waals surface area contributed by atoms with Crippen LogP contribution in [0.4, 0.5) is 0 Å². The standard InChI is InChI=1S/C14H12O4/c1-9-5-3-4-6-10(9)13(15)11-7-8-12(18-11)14(16)17-2/h3-8H,1-2H3. The van der Waals surface area contributed by atoms with Crippen LogP contribution >= 0.6 is 0 Å². The molecule has 0 spiro atoms. The zero-order valence-corrected chi connectivity index (χ0v) is 10.1. The van der Waals surface area contributed by atoms with Crippen LogP contribution < -0.4 is 0 Å². The van der Waals surface area contributed by atoms with E-state index in [0.717, 1.165) is 5.56 Å². The molecular formula is C14H12O4. The van der Waals surface area contributed by atoms with Gasteiger partial charge in [-0.25, -0.2) is 4.79 Å². The molecule has 4 nitrogen and oxygen atoms in total. The Bertz CT molecular complexity index is 595. The quantitative estimate of drug-likeness (QED) is 0.615. The summed E-state index contributed by atoms with van der Waals surface area (Å²) in [7, 11) is 1.26. The first-order chi connectivity index (χ1) is 8.63. The molecule has 1 heterocycles. The van der Waals surface area contributed by atoms with Crippen molar-refractivity contribution in [2.75, 3.05) is 7.11 Å². The molecule has 92 valence electrons. The number of esters is 1. The lowest BCUT2D eigenvalue weighted by atomic mass is 10.0. The maximum atomic E-state index is 12.1. The van der Waals surface area contributed by atoms with Crippen LogP contribution in [0.3, 0.4) is 0 Å². The third-order valence-corrected chi connectivity index (χ3v) is 2.61. The SMILES string of the molecule is COC(=O)c1ccc(C(=O)c2ccccc2C)o1. The number of methoxy groups -OCH3 is 1. The molecule has 0 N–H and O–H groups in total. The fraction of sp³-hybridized carbons (Fsp3) is 0.143. The second kappa shape index (κ2) is 4.87. The van der Waals surface area contributed by atoms with Crippen LogP contribution in [0.15, 0.2) is 40.8 Å². The summed E-state index contributed by atoms with van der Waals surface area (Å²) < 4.78 is 9.70. The summed E-state index contributed by atoms with van der Waals surface area (Å²) in [5.74, 6) is -0.693. The molecule has 2 rings (SSSR count). The molecule has 18 heavy (non-hydrogen) atoms. The minimum atomic E-state index is -0.598. The third-order valence-electron chi connectivity index (χ3n) is 2.61. The summed E-state index contributed by atoms with van der Waals surface area (Å²) in [5.41, 5.74) is 1.42. The molecule has 0 saturated carbocycles. The van der Waals surface area contributed by atoms with E-state index in [0.29, 0.717) is 5.56 Å². The average Bonchev–Trinajstić information content (AvgIpc) is 2.87. The van der Waals surface area contributed by atoms with E-state index in [-0.39, 0.29) is 17.3 Å². The Morgan fingerprint density at radius 3 is 2.39 bits per heavy atom. The molecule has 0 bridgehead atoms. The fourth-order valence-corrected chi connectivity index (χ4v) is 1.63. The van der Waals surface area contributed by atoms with Crippen molar-refractivity contribution in [3.63, 3.8) is 0 Å². The summed E-state index contributed by atoms with van der Waals surface area (Å²) in [6, 6.07) is 10.1. The number of ether oxygens (including phenoxy) is 1. The Hall–Kier alpha value is -2.36. The molecule has 1 aromatic heterocycles. The topological polar surface area (TPSA) is 56.5 Å². The van der Waals surface area contributed by atoms with E-state index in [1.54, 1.807) is 12.1 Å². The number of ketones is 1. The Kier molecular flexibility index (Phi) is 3.28. The molecule has 0 aliphatic rings. The predicted octanol–water partition coefficient (Wildman–Crippen LogP) is 2.61. The number of carbonyl (C=O) groups excluding carboxylic acids is 2. The summed E-state index contributed by atoms with van der Waals surface area (Å²) in [4.78, 5) is 23.4. The average molecular weight is 244 g/mol. The zero-order valence-electron chi connectivity index (χ0n) is 10.1. The lowest BCUT2D eigenvalue weighted by molar-refractivity contribution is 0.0563. The first-order valence-electron chi connectivity index (χ1n) is 5.42. The molecule has 0 saturated heterocycles. The van der Waals surface area contributed by atoms with Gasteiger partial charge in [-0.15, -0.1) is 0 Å². The van der Waals surface area contributed by atoms with Gasteiger partial charge < -0.3 is 9.15 Å². The van der Waals surface area contributed by atoms with Gasteiger partial charge in [0.1, 0.15) is 0 Å². The molecule has 4 heteroatoms. The van der Waals surface area contributed by atoms with Gasteiger partial charge in [-0.2, -0.15) is 0 Å². The van der Waals surface area contributed by atoms with Crippen molar-refractivity contribution < 1.29 is 18.7 Å². The van der Waals surface area contributed by atoms with E-state index in [9.17, 15) is 9.59 Å². The van der Waals surface area contributed by atoms with Crippen LogP contribution in [-0.4, -0.2) is 18.9 Å². The van der Waals surface area contributed by atoms with E-state index in [4.69, 9.17) is 4.42 Å². The van der Waals surface area contributed by atoms with Gasteiger partial charge in [-0.1, -0.05) is 24.3 Å². The van der Waals surface area contributed by atoms with Crippen LogP contribution in [0.2, 0.25) is 0 Å². The van der Waals surface area contributed by atoms with Gasteiger partial charge in [-0.05, 0) is 24.6 Å². The van der Waals surface area contributed by atoms with Gasteiger partial charge in [0, 0.05) is 5.56 Å². The second-order valence-corrected chi connectivity index (χ2v) is 3.80. The predicted molar refractivity (Wildman–Crippen MR) is 64.7 cm³/mol. The number of rotatable bonds is 3. The molecule has 0 fully saturated rings. The Morgan fingerprint density at radius 2 is 1.72 bits per heavy atom. The molecular weight excluding hydrogens is 232 g/mol. The van der Waals surface area contributed by atoms with Gasteiger partial charge in [0.2, 0.25) is 11.5 Å². The highest BCUT2D eigenvalue weighted by molar-refractivity contribution is 6.08. The molecule has 0 unspecified atom stereocenters. The van der Waals surface area contributed by atoms with Crippen molar-refractivity contribution in [3.05, 3.63) is 59.0 Å². The number of hydrogen-bond donors (Lipinski definition) is 0. The largest absolute Gasteiger partial charge is 0.463 e. The van der Waals surface area contributed by atoms with Gasteiger partial charge in [-0.3, -0.25) is 4.79 Å². The molecule has 1 aromatic carbocycles. The number of furan rings is 1. The maximum absolute atomic E-state index is 12.1. The van der Waals surface area contributed by atoms with E-state index in [2.05, 4.69) is 4.74 Å². The van der Waals surface area contributed by atoms with Crippen molar-refractivity contribution in [1.82, 2.24) is 0 Å². The molecule has 0 radical (unpaired) electrons. The Labute approximate surface area is 104 Å². The highest BCUT2D eigenvalue weighted by Gasteiger charge is 2.18. The number of hydrogen-bond acceptors (Lipinski definition) is 4. The molecule has 2 aromatic rings. The van der Waals surface area contributed by atoms with Gasteiger partial charge in [0.05, 0.1) is 7.11 Å². The maximum Gasteiger partial charge on any atom is 0.373 e.